The Kier molecular flexibility index (Phi) is 4.54. The van der Waals surface area contributed by atoms with Crippen molar-refractivity contribution < 1.29 is 14.6 Å². The summed E-state index contributed by atoms with van der Waals surface area (Å²) in [5, 5.41) is 14.5. The van der Waals surface area contributed by atoms with E-state index in [0.717, 1.165) is 11.3 Å². The third-order valence-corrected chi connectivity index (χ3v) is 2.90. The summed E-state index contributed by atoms with van der Waals surface area (Å²) in [6.07, 6.45) is 0.902. The van der Waals surface area contributed by atoms with Crippen LogP contribution in [-0.4, -0.2) is 35.2 Å². The second kappa shape index (κ2) is 6.36. The lowest BCUT2D eigenvalue weighted by molar-refractivity contribution is 0.142. The maximum atomic E-state index is 10.4. The second-order valence-electron chi connectivity index (χ2n) is 4.16. The highest BCUT2D eigenvalue weighted by Gasteiger charge is 2.17. The number of hydrogen-bond acceptors (Lipinski definition) is 4. The molecule has 0 saturated heterocycles. The summed E-state index contributed by atoms with van der Waals surface area (Å²) < 4.78 is 12.2. The van der Waals surface area contributed by atoms with Gasteiger partial charge in [0, 0.05) is 25.9 Å². The highest BCUT2D eigenvalue weighted by atomic mass is 16.5. The summed E-state index contributed by atoms with van der Waals surface area (Å²) >= 11 is 0. The Bertz CT molecular complexity index is 525. The zero-order valence-corrected chi connectivity index (χ0v) is 11.1. The molecule has 0 aliphatic rings. The molecule has 1 N–H and O–H groups in total. The molecule has 0 aliphatic heterocycles. The standard InChI is InChI=1S/C14H18N2O3/c1-16-12(7-8-15-16)14(17)11-5-3-4-6-13(11)19-10-9-18-2/h3-8,14,17H,9-10H2,1-2H3. The normalized spacial score (nSPS) is 12.4. The molecule has 2 rings (SSSR count). The number of nitrogens with zero attached hydrogens (tertiary/aromatic N) is 2. The average Bonchev–Trinajstić information content (AvgIpc) is 2.85. The number of benzene rings is 1. The van der Waals surface area contributed by atoms with Crippen molar-refractivity contribution in [2.75, 3.05) is 20.3 Å². The number of ether oxygens (including phenoxy) is 2. The number of aromatic nitrogens is 2. The van der Waals surface area contributed by atoms with Crippen molar-refractivity contribution in [2.24, 2.45) is 7.05 Å². The Balaban J connectivity index is 2.21. The molecule has 19 heavy (non-hydrogen) atoms. The molecule has 5 heteroatoms. The van der Waals surface area contributed by atoms with Crippen LogP contribution in [0.4, 0.5) is 0 Å². The number of aryl methyl sites for hydroxylation is 1. The molecule has 0 bridgehead atoms. The van der Waals surface area contributed by atoms with Gasteiger partial charge < -0.3 is 14.6 Å². The van der Waals surface area contributed by atoms with E-state index in [1.165, 1.54) is 0 Å². The van der Waals surface area contributed by atoms with Crippen LogP contribution in [0.3, 0.4) is 0 Å². The molecule has 0 spiro atoms. The summed E-state index contributed by atoms with van der Waals surface area (Å²) in [6.45, 7) is 0.960. The van der Waals surface area contributed by atoms with Crippen LogP contribution in [0, 0.1) is 0 Å². The summed E-state index contributed by atoms with van der Waals surface area (Å²) in [5.41, 5.74) is 1.45. The predicted octanol–water partition coefficient (Wildman–Crippen LogP) is 1.53. The first kappa shape index (κ1) is 13.6. The largest absolute Gasteiger partial charge is 0.491 e. The van der Waals surface area contributed by atoms with E-state index in [-0.39, 0.29) is 0 Å². The minimum atomic E-state index is -0.758. The van der Waals surface area contributed by atoms with Crippen LogP contribution in [0.25, 0.3) is 0 Å². The number of aliphatic hydroxyl groups is 1. The Hall–Kier alpha value is -1.85. The van der Waals surface area contributed by atoms with Gasteiger partial charge in [0.2, 0.25) is 0 Å². The lowest BCUT2D eigenvalue weighted by Crippen LogP contribution is -2.10. The molecule has 1 aromatic carbocycles. The van der Waals surface area contributed by atoms with Crippen molar-refractivity contribution in [2.45, 2.75) is 6.10 Å². The molecule has 102 valence electrons. The number of aliphatic hydroxyl groups excluding tert-OH is 1. The topological polar surface area (TPSA) is 56.5 Å². The van der Waals surface area contributed by atoms with E-state index >= 15 is 0 Å². The Labute approximate surface area is 112 Å². The molecule has 5 nitrogen and oxygen atoms in total. The summed E-state index contributed by atoms with van der Waals surface area (Å²) in [4.78, 5) is 0. The highest BCUT2D eigenvalue weighted by molar-refractivity contribution is 5.38. The maximum absolute atomic E-state index is 10.4. The molecular formula is C14H18N2O3. The first-order valence-corrected chi connectivity index (χ1v) is 6.10. The van der Waals surface area contributed by atoms with Crippen molar-refractivity contribution in [1.82, 2.24) is 9.78 Å². The van der Waals surface area contributed by atoms with E-state index in [1.807, 2.05) is 24.3 Å². The molecule has 1 atom stereocenters. The lowest BCUT2D eigenvalue weighted by atomic mass is 10.1. The number of hydrogen-bond donors (Lipinski definition) is 1. The molecule has 0 aliphatic carbocycles. The van der Waals surface area contributed by atoms with Gasteiger partial charge in [0.05, 0.1) is 12.3 Å². The van der Waals surface area contributed by atoms with Gasteiger partial charge in [0.15, 0.2) is 0 Å². The summed E-state index contributed by atoms with van der Waals surface area (Å²) in [5.74, 6) is 0.660. The van der Waals surface area contributed by atoms with Gasteiger partial charge in [-0.2, -0.15) is 5.10 Å². The molecule has 0 fully saturated rings. The van der Waals surface area contributed by atoms with E-state index in [0.29, 0.717) is 19.0 Å². The van der Waals surface area contributed by atoms with Gasteiger partial charge in [0.1, 0.15) is 18.5 Å². The molecule has 1 aromatic heterocycles. The third kappa shape index (κ3) is 3.13. The van der Waals surface area contributed by atoms with E-state index < -0.39 is 6.10 Å². The van der Waals surface area contributed by atoms with Crippen LogP contribution >= 0.6 is 0 Å². The number of rotatable bonds is 6. The van der Waals surface area contributed by atoms with E-state index in [9.17, 15) is 5.11 Å². The van der Waals surface area contributed by atoms with Gasteiger partial charge in [-0.25, -0.2) is 0 Å². The molecule has 0 radical (unpaired) electrons. The first-order chi connectivity index (χ1) is 9.24. The molecule has 1 heterocycles. The maximum Gasteiger partial charge on any atom is 0.125 e. The van der Waals surface area contributed by atoms with Gasteiger partial charge >= 0.3 is 0 Å². The fraction of sp³-hybridized carbons (Fsp3) is 0.357. The van der Waals surface area contributed by atoms with Crippen molar-refractivity contribution in [3.8, 4) is 5.75 Å². The Morgan fingerprint density at radius 3 is 2.74 bits per heavy atom. The van der Waals surface area contributed by atoms with E-state index in [2.05, 4.69) is 5.10 Å². The van der Waals surface area contributed by atoms with Crippen molar-refractivity contribution in [1.29, 1.82) is 0 Å². The van der Waals surface area contributed by atoms with Crippen LogP contribution in [0.15, 0.2) is 36.5 Å². The minimum Gasteiger partial charge on any atom is -0.491 e. The molecule has 1 unspecified atom stereocenters. The lowest BCUT2D eigenvalue weighted by Gasteiger charge is -2.16. The monoisotopic (exact) mass is 262 g/mol. The van der Waals surface area contributed by atoms with Crippen LogP contribution in [0.1, 0.15) is 17.4 Å². The Morgan fingerprint density at radius 2 is 2.05 bits per heavy atom. The minimum absolute atomic E-state index is 0.450. The van der Waals surface area contributed by atoms with Crippen LogP contribution in [0.5, 0.6) is 5.75 Å². The van der Waals surface area contributed by atoms with Gasteiger partial charge in [-0.05, 0) is 12.1 Å². The van der Waals surface area contributed by atoms with Gasteiger partial charge in [-0.1, -0.05) is 18.2 Å². The van der Waals surface area contributed by atoms with E-state index in [4.69, 9.17) is 9.47 Å². The van der Waals surface area contributed by atoms with Crippen LogP contribution in [0.2, 0.25) is 0 Å². The molecular weight excluding hydrogens is 244 g/mol. The Morgan fingerprint density at radius 1 is 1.26 bits per heavy atom. The van der Waals surface area contributed by atoms with Gasteiger partial charge in [-0.3, -0.25) is 4.68 Å². The second-order valence-corrected chi connectivity index (χ2v) is 4.16. The molecule has 0 amide bonds. The van der Waals surface area contributed by atoms with Crippen LogP contribution < -0.4 is 4.74 Å². The van der Waals surface area contributed by atoms with Crippen molar-refractivity contribution >= 4 is 0 Å². The zero-order chi connectivity index (χ0) is 13.7. The summed E-state index contributed by atoms with van der Waals surface area (Å²) in [7, 11) is 3.42. The van der Waals surface area contributed by atoms with Gasteiger partial charge in [-0.15, -0.1) is 0 Å². The van der Waals surface area contributed by atoms with Gasteiger partial charge in [0.25, 0.3) is 0 Å². The fourth-order valence-corrected chi connectivity index (χ4v) is 1.88. The molecule has 2 aromatic rings. The zero-order valence-electron chi connectivity index (χ0n) is 11.1. The van der Waals surface area contributed by atoms with Crippen molar-refractivity contribution in [3.63, 3.8) is 0 Å². The first-order valence-electron chi connectivity index (χ1n) is 6.10. The third-order valence-electron chi connectivity index (χ3n) is 2.90. The highest BCUT2D eigenvalue weighted by Crippen LogP contribution is 2.29. The fourth-order valence-electron chi connectivity index (χ4n) is 1.88. The average molecular weight is 262 g/mol. The summed E-state index contributed by atoms with van der Waals surface area (Å²) in [6, 6.07) is 9.22. The van der Waals surface area contributed by atoms with E-state index in [1.54, 1.807) is 31.1 Å². The quantitative estimate of drug-likeness (QED) is 0.802. The van der Waals surface area contributed by atoms with Crippen LogP contribution in [-0.2, 0) is 11.8 Å². The smallest absolute Gasteiger partial charge is 0.125 e. The molecule has 0 saturated carbocycles. The van der Waals surface area contributed by atoms with Crippen molar-refractivity contribution in [3.05, 3.63) is 47.8 Å². The SMILES string of the molecule is COCCOc1ccccc1C(O)c1ccnn1C. The number of para-hydroxylation sites is 1. The predicted molar refractivity (Wildman–Crippen MR) is 71.1 cm³/mol. The number of methoxy groups -OCH3 is 1.